The van der Waals surface area contributed by atoms with Crippen LogP contribution >= 0.6 is 35.0 Å². The van der Waals surface area contributed by atoms with Crippen molar-refractivity contribution in [2.45, 2.75) is 23.7 Å². The van der Waals surface area contributed by atoms with Crippen LogP contribution in [-0.4, -0.2) is 52.3 Å². The number of amides is 1. The maximum Gasteiger partial charge on any atom is 0.237 e. The van der Waals surface area contributed by atoms with E-state index in [-0.39, 0.29) is 11.2 Å². The molecule has 0 aliphatic carbocycles. The molecule has 1 saturated heterocycles. The first-order chi connectivity index (χ1) is 15.0. The molecule has 1 amide bonds. The van der Waals surface area contributed by atoms with E-state index in [9.17, 15) is 4.79 Å². The van der Waals surface area contributed by atoms with Crippen molar-refractivity contribution in [2.24, 2.45) is 0 Å². The Kier molecular flexibility index (Phi) is 7.30. The van der Waals surface area contributed by atoms with E-state index in [1.54, 1.807) is 18.2 Å². The van der Waals surface area contributed by atoms with Gasteiger partial charge in [-0.15, -0.1) is 0 Å². The molecule has 4 rings (SSSR count). The average Bonchev–Trinajstić information content (AvgIpc) is 2.73. The van der Waals surface area contributed by atoms with Crippen LogP contribution in [-0.2, 0) is 16.1 Å². The summed E-state index contributed by atoms with van der Waals surface area (Å²) in [5, 5.41) is 5.16. The molecular formula is C22H22Cl2N4O2S. The highest BCUT2D eigenvalue weighted by atomic mass is 35.5. The van der Waals surface area contributed by atoms with Gasteiger partial charge < -0.3 is 10.1 Å². The van der Waals surface area contributed by atoms with Crippen molar-refractivity contribution < 1.29 is 9.53 Å². The Morgan fingerprint density at radius 2 is 1.87 bits per heavy atom. The van der Waals surface area contributed by atoms with Gasteiger partial charge in [0.05, 0.1) is 30.5 Å². The molecule has 0 saturated carbocycles. The van der Waals surface area contributed by atoms with Crippen molar-refractivity contribution in [1.29, 1.82) is 0 Å². The van der Waals surface area contributed by atoms with Crippen molar-refractivity contribution in [3.05, 3.63) is 58.3 Å². The van der Waals surface area contributed by atoms with Gasteiger partial charge in [0.15, 0.2) is 0 Å². The molecule has 6 nitrogen and oxygen atoms in total. The number of morpholine rings is 1. The van der Waals surface area contributed by atoms with Crippen molar-refractivity contribution in [2.75, 3.05) is 31.6 Å². The zero-order chi connectivity index (χ0) is 21.8. The number of carbonyl (C=O) groups is 1. The molecule has 0 unspecified atom stereocenters. The van der Waals surface area contributed by atoms with Crippen LogP contribution in [0.4, 0.5) is 5.69 Å². The monoisotopic (exact) mass is 476 g/mol. The quantitative estimate of drug-likeness (QED) is 0.403. The minimum absolute atomic E-state index is 0.152. The summed E-state index contributed by atoms with van der Waals surface area (Å²) in [5.41, 5.74) is 1.44. The van der Waals surface area contributed by atoms with E-state index >= 15 is 0 Å². The third kappa shape index (κ3) is 5.87. The second-order valence-corrected chi connectivity index (χ2v) is 9.46. The predicted octanol–water partition coefficient (Wildman–Crippen LogP) is 4.89. The van der Waals surface area contributed by atoms with Crippen molar-refractivity contribution in [3.63, 3.8) is 0 Å². The number of anilines is 1. The summed E-state index contributed by atoms with van der Waals surface area (Å²) in [7, 11) is 0. The Morgan fingerprint density at radius 1 is 1.16 bits per heavy atom. The molecule has 2 aromatic carbocycles. The number of halogens is 2. The van der Waals surface area contributed by atoms with Gasteiger partial charge in [-0.05, 0) is 31.2 Å². The van der Waals surface area contributed by atoms with Gasteiger partial charge in [0.1, 0.15) is 10.9 Å². The van der Waals surface area contributed by atoms with E-state index in [0.717, 1.165) is 48.1 Å². The Bertz CT molecular complexity index is 1070. The topological polar surface area (TPSA) is 67.3 Å². The largest absolute Gasteiger partial charge is 0.379 e. The lowest BCUT2D eigenvalue weighted by Gasteiger charge is -2.26. The minimum atomic E-state index is -0.382. The van der Waals surface area contributed by atoms with Crippen LogP contribution in [0.2, 0.25) is 10.0 Å². The normalized spacial score (nSPS) is 15.7. The Morgan fingerprint density at radius 3 is 2.61 bits per heavy atom. The van der Waals surface area contributed by atoms with E-state index in [1.807, 2.05) is 31.2 Å². The number of ether oxygens (including phenoxy) is 1. The van der Waals surface area contributed by atoms with Crippen LogP contribution < -0.4 is 5.32 Å². The lowest BCUT2D eigenvalue weighted by Crippen LogP contribution is -2.36. The highest BCUT2D eigenvalue weighted by molar-refractivity contribution is 8.00. The molecule has 31 heavy (non-hydrogen) atoms. The summed E-state index contributed by atoms with van der Waals surface area (Å²) in [6.07, 6.45) is 0. The molecule has 9 heteroatoms. The van der Waals surface area contributed by atoms with Crippen LogP contribution in [0, 0.1) is 0 Å². The van der Waals surface area contributed by atoms with Gasteiger partial charge in [0.2, 0.25) is 5.91 Å². The van der Waals surface area contributed by atoms with Gasteiger partial charge in [-0.25, -0.2) is 9.97 Å². The van der Waals surface area contributed by atoms with Gasteiger partial charge >= 0.3 is 0 Å². The molecule has 1 aromatic heterocycles. The number of thioether (sulfide) groups is 1. The van der Waals surface area contributed by atoms with Gasteiger partial charge in [-0.3, -0.25) is 9.69 Å². The first kappa shape index (κ1) is 22.3. The number of nitrogens with zero attached hydrogens (tertiary/aromatic N) is 3. The molecule has 162 valence electrons. The van der Waals surface area contributed by atoms with E-state index in [1.165, 1.54) is 11.8 Å². The van der Waals surface area contributed by atoms with Crippen molar-refractivity contribution in [1.82, 2.24) is 14.9 Å². The molecule has 1 aliphatic heterocycles. The maximum absolute atomic E-state index is 12.8. The number of hydrogen-bond donors (Lipinski definition) is 1. The second-order valence-electron chi connectivity index (χ2n) is 7.26. The Hall–Kier alpha value is -1.90. The molecule has 2 heterocycles. The zero-order valence-corrected chi connectivity index (χ0v) is 19.3. The number of benzene rings is 2. The van der Waals surface area contributed by atoms with Crippen LogP contribution in [0.5, 0.6) is 0 Å². The summed E-state index contributed by atoms with van der Waals surface area (Å²) in [6.45, 7) is 5.67. The average molecular weight is 477 g/mol. The van der Waals surface area contributed by atoms with Gasteiger partial charge in [-0.2, -0.15) is 0 Å². The summed E-state index contributed by atoms with van der Waals surface area (Å²) in [6, 6.07) is 12.8. The standard InChI is InChI=1S/C22H22Cl2N4O2S/c1-14(21(29)25-17-11-15(23)10-16(24)12-17)31-22-18-4-2-3-5-19(18)26-20(27-22)13-28-6-8-30-9-7-28/h2-5,10-12,14H,6-9,13H2,1H3,(H,25,29)/t14-/m0/s1. The number of rotatable bonds is 6. The van der Waals surface area contributed by atoms with Crippen molar-refractivity contribution in [3.8, 4) is 0 Å². The van der Waals surface area contributed by atoms with Gasteiger partial charge in [0, 0.05) is 34.2 Å². The molecular weight excluding hydrogens is 455 g/mol. The molecule has 1 N–H and O–H groups in total. The zero-order valence-electron chi connectivity index (χ0n) is 17.0. The minimum Gasteiger partial charge on any atom is -0.379 e. The fourth-order valence-electron chi connectivity index (χ4n) is 3.30. The van der Waals surface area contributed by atoms with E-state index in [2.05, 4.69) is 10.2 Å². The van der Waals surface area contributed by atoms with E-state index in [4.69, 9.17) is 37.9 Å². The SMILES string of the molecule is C[C@H](Sc1nc(CN2CCOCC2)nc2ccccc12)C(=O)Nc1cc(Cl)cc(Cl)c1. The first-order valence-electron chi connectivity index (χ1n) is 9.97. The Balaban J connectivity index is 1.53. The molecule has 0 spiro atoms. The second kappa shape index (κ2) is 10.1. The number of aromatic nitrogens is 2. The highest BCUT2D eigenvalue weighted by Gasteiger charge is 2.20. The molecule has 0 bridgehead atoms. The summed E-state index contributed by atoms with van der Waals surface area (Å²) >= 11 is 13.5. The lowest BCUT2D eigenvalue weighted by atomic mass is 10.2. The first-order valence-corrected chi connectivity index (χ1v) is 11.6. The predicted molar refractivity (Wildman–Crippen MR) is 126 cm³/mol. The summed E-state index contributed by atoms with van der Waals surface area (Å²) < 4.78 is 5.43. The van der Waals surface area contributed by atoms with Gasteiger partial charge in [0.25, 0.3) is 0 Å². The fraction of sp³-hybridized carbons (Fsp3) is 0.318. The highest BCUT2D eigenvalue weighted by Crippen LogP contribution is 2.30. The third-order valence-electron chi connectivity index (χ3n) is 4.87. The lowest BCUT2D eigenvalue weighted by molar-refractivity contribution is -0.115. The van der Waals surface area contributed by atoms with Crippen LogP contribution in [0.25, 0.3) is 10.9 Å². The third-order valence-corrected chi connectivity index (χ3v) is 6.41. The Labute approximate surface area is 195 Å². The van der Waals surface area contributed by atoms with Crippen molar-refractivity contribution >= 4 is 57.5 Å². The fourth-order valence-corrected chi connectivity index (χ4v) is 4.79. The number of hydrogen-bond acceptors (Lipinski definition) is 6. The van der Waals surface area contributed by atoms with Crippen LogP contribution in [0.1, 0.15) is 12.7 Å². The number of para-hydroxylation sites is 1. The molecule has 0 radical (unpaired) electrons. The maximum atomic E-state index is 12.8. The smallest absolute Gasteiger partial charge is 0.237 e. The van der Waals surface area contributed by atoms with E-state index < -0.39 is 0 Å². The van der Waals surface area contributed by atoms with Crippen LogP contribution in [0.3, 0.4) is 0 Å². The summed E-state index contributed by atoms with van der Waals surface area (Å²) in [5.74, 6) is 0.595. The van der Waals surface area contributed by atoms with Gasteiger partial charge in [-0.1, -0.05) is 53.2 Å². The molecule has 1 fully saturated rings. The number of fused-ring (bicyclic) bond motifs is 1. The molecule has 3 aromatic rings. The number of nitrogens with one attached hydrogen (secondary N) is 1. The molecule has 1 aliphatic rings. The van der Waals surface area contributed by atoms with E-state index in [0.29, 0.717) is 22.3 Å². The summed E-state index contributed by atoms with van der Waals surface area (Å²) in [4.78, 5) is 24.6. The number of carbonyl (C=O) groups excluding carboxylic acids is 1. The van der Waals surface area contributed by atoms with Crippen LogP contribution in [0.15, 0.2) is 47.5 Å². The molecule has 1 atom stereocenters.